The number of rotatable bonds is 2. The summed E-state index contributed by atoms with van der Waals surface area (Å²) >= 11 is 3.49. The lowest BCUT2D eigenvalue weighted by atomic mass is 10.2. The van der Waals surface area contributed by atoms with Gasteiger partial charge in [-0.15, -0.1) is 0 Å². The quantitative estimate of drug-likeness (QED) is 0.779. The van der Waals surface area contributed by atoms with Gasteiger partial charge in [-0.05, 0) is 46.6 Å². The second-order valence-electron chi connectivity index (χ2n) is 4.48. The van der Waals surface area contributed by atoms with Crippen LogP contribution in [0.5, 0.6) is 0 Å². The first kappa shape index (κ1) is 12.9. The van der Waals surface area contributed by atoms with Gasteiger partial charge in [0.1, 0.15) is 0 Å². The van der Waals surface area contributed by atoms with Crippen LogP contribution in [0.15, 0.2) is 53.3 Å². The van der Waals surface area contributed by atoms with E-state index in [-0.39, 0.29) is 5.91 Å². The SMILES string of the molecule is Cc1cccc(NC(=O)c2cnn3ccccc23)c1Br. The molecule has 0 radical (unpaired) electrons. The molecule has 5 heteroatoms. The number of fused-ring (bicyclic) bond motifs is 1. The van der Waals surface area contributed by atoms with Crippen LogP contribution in [0.4, 0.5) is 5.69 Å². The van der Waals surface area contributed by atoms with Crippen LogP contribution >= 0.6 is 15.9 Å². The predicted molar refractivity (Wildman–Crippen MR) is 82.0 cm³/mol. The van der Waals surface area contributed by atoms with Crippen molar-refractivity contribution in [2.24, 2.45) is 0 Å². The number of halogens is 1. The zero-order chi connectivity index (χ0) is 14.1. The van der Waals surface area contributed by atoms with Crippen molar-refractivity contribution in [1.29, 1.82) is 0 Å². The lowest BCUT2D eigenvalue weighted by molar-refractivity contribution is 0.102. The molecule has 0 bridgehead atoms. The molecule has 4 nitrogen and oxygen atoms in total. The predicted octanol–water partition coefficient (Wildman–Crippen LogP) is 3.66. The summed E-state index contributed by atoms with van der Waals surface area (Å²) in [7, 11) is 0. The van der Waals surface area contributed by atoms with Gasteiger partial charge in [-0.3, -0.25) is 4.79 Å². The van der Waals surface area contributed by atoms with E-state index in [1.807, 2.05) is 49.5 Å². The van der Waals surface area contributed by atoms with Gasteiger partial charge < -0.3 is 5.32 Å². The molecule has 0 spiro atoms. The number of nitrogens with zero attached hydrogens (tertiary/aromatic N) is 2. The summed E-state index contributed by atoms with van der Waals surface area (Å²) < 4.78 is 2.57. The van der Waals surface area contributed by atoms with Gasteiger partial charge in [-0.1, -0.05) is 18.2 Å². The number of carbonyl (C=O) groups is 1. The molecule has 1 aromatic carbocycles. The number of hydrogen-bond acceptors (Lipinski definition) is 2. The fourth-order valence-corrected chi connectivity index (χ4v) is 2.41. The van der Waals surface area contributed by atoms with Crippen LogP contribution in [0.2, 0.25) is 0 Å². The molecule has 3 aromatic rings. The first-order valence-electron chi connectivity index (χ1n) is 6.15. The van der Waals surface area contributed by atoms with Crippen LogP contribution in [0.3, 0.4) is 0 Å². The standard InChI is InChI=1S/C15H12BrN3O/c1-10-5-4-6-12(14(10)16)18-15(20)11-9-17-19-8-3-2-7-13(11)19/h2-9H,1H3,(H,18,20). The van der Waals surface area contributed by atoms with Crippen molar-refractivity contribution in [3.8, 4) is 0 Å². The molecule has 0 atom stereocenters. The Morgan fingerprint density at radius 3 is 2.95 bits per heavy atom. The molecule has 0 aliphatic heterocycles. The fourth-order valence-electron chi connectivity index (χ4n) is 2.04. The fraction of sp³-hybridized carbons (Fsp3) is 0.0667. The van der Waals surface area contributed by atoms with Crippen molar-refractivity contribution in [2.45, 2.75) is 6.92 Å². The summed E-state index contributed by atoms with van der Waals surface area (Å²) in [5.74, 6) is -0.169. The van der Waals surface area contributed by atoms with E-state index in [0.717, 1.165) is 21.2 Å². The number of amides is 1. The third kappa shape index (κ3) is 2.20. The minimum atomic E-state index is -0.169. The normalized spacial score (nSPS) is 10.7. The Morgan fingerprint density at radius 2 is 2.10 bits per heavy atom. The molecule has 1 N–H and O–H groups in total. The van der Waals surface area contributed by atoms with E-state index in [2.05, 4.69) is 26.3 Å². The Hall–Kier alpha value is -2.14. The lowest BCUT2D eigenvalue weighted by Gasteiger charge is -2.08. The molecule has 3 rings (SSSR count). The summed E-state index contributed by atoms with van der Waals surface area (Å²) in [5, 5.41) is 7.07. The van der Waals surface area contributed by atoms with Crippen molar-refractivity contribution in [3.63, 3.8) is 0 Å². The number of anilines is 1. The zero-order valence-electron chi connectivity index (χ0n) is 10.8. The summed E-state index contributed by atoms with van der Waals surface area (Å²) in [5.41, 5.74) is 3.17. The highest BCUT2D eigenvalue weighted by Crippen LogP contribution is 2.26. The zero-order valence-corrected chi connectivity index (χ0v) is 12.4. The smallest absolute Gasteiger partial charge is 0.259 e. The van der Waals surface area contributed by atoms with Crippen LogP contribution in [0.25, 0.3) is 5.52 Å². The van der Waals surface area contributed by atoms with Crippen LogP contribution < -0.4 is 5.32 Å². The van der Waals surface area contributed by atoms with Gasteiger partial charge in [0.25, 0.3) is 5.91 Å². The molecule has 1 amide bonds. The Kier molecular flexibility index (Phi) is 3.28. The largest absolute Gasteiger partial charge is 0.321 e. The Labute approximate surface area is 124 Å². The third-order valence-electron chi connectivity index (χ3n) is 3.11. The van der Waals surface area contributed by atoms with Crippen LogP contribution in [-0.2, 0) is 0 Å². The molecular weight excluding hydrogens is 318 g/mol. The van der Waals surface area contributed by atoms with E-state index >= 15 is 0 Å². The van der Waals surface area contributed by atoms with Crippen LogP contribution in [-0.4, -0.2) is 15.5 Å². The van der Waals surface area contributed by atoms with Gasteiger partial charge in [0, 0.05) is 10.7 Å². The summed E-state index contributed by atoms with van der Waals surface area (Å²) in [4.78, 5) is 12.4. The molecule has 0 saturated carbocycles. The number of nitrogens with one attached hydrogen (secondary N) is 1. The molecule has 0 saturated heterocycles. The van der Waals surface area contributed by atoms with Crippen molar-refractivity contribution in [3.05, 3.63) is 64.4 Å². The molecule has 2 aromatic heterocycles. The van der Waals surface area contributed by atoms with Crippen molar-refractivity contribution < 1.29 is 4.79 Å². The number of carbonyl (C=O) groups excluding carboxylic acids is 1. The van der Waals surface area contributed by atoms with E-state index in [1.165, 1.54) is 0 Å². The Morgan fingerprint density at radius 1 is 1.25 bits per heavy atom. The van der Waals surface area contributed by atoms with E-state index < -0.39 is 0 Å². The van der Waals surface area contributed by atoms with Gasteiger partial charge in [0.15, 0.2) is 0 Å². The number of benzene rings is 1. The van der Waals surface area contributed by atoms with Gasteiger partial charge >= 0.3 is 0 Å². The second kappa shape index (κ2) is 5.09. The Balaban J connectivity index is 1.95. The first-order valence-corrected chi connectivity index (χ1v) is 6.95. The maximum Gasteiger partial charge on any atom is 0.259 e. The van der Waals surface area contributed by atoms with Gasteiger partial charge in [0.05, 0.1) is 23.0 Å². The van der Waals surface area contributed by atoms with Crippen LogP contribution in [0, 0.1) is 6.92 Å². The number of aryl methyl sites for hydroxylation is 1. The third-order valence-corrected chi connectivity index (χ3v) is 4.16. The number of pyridine rings is 1. The lowest BCUT2D eigenvalue weighted by Crippen LogP contribution is -2.12. The monoisotopic (exact) mass is 329 g/mol. The number of aromatic nitrogens is 2. The first-order chi connectivity index (χ1) is 9.66. The highest BCUT2D eigenvalue weighted by molar-refractivity contribution is 9.10. The highest BCUT2D eigenvalue weighted by Gasteiger charge is 2.14. The van der Waals surface area contributed by atoms with Crippen molar-refractivity contribution in [2.75, 3.05) is 5.32 Å². The molecule has 2 heterocycles. The topological polar surface area (TPSA) is 46.4 Å². The van der Waals surface area contributed by atoms with Crippen molar-refractivity contribution >= 4 is 33.0 Å². The molecule has 0 unspecified atom stereocenters. The molecule has 0 fully saturated rings. The second-order valence-corrected chi connectivity index (χ2v) is 5.27. The summed E-state index contributed by atoms with van der Waals surface area (Å²) in [6, 6.07) is 11.4. The van der Waals surface area contributed by atoms with Gasteiger partial charge in [0.2, 0.25) is 0 Å². The maximum atomic E-state index is 12.4. The molecule has 100 valence electrons. The van der Waals surface area contributed by atoms with E-state index in [0.29, 0.717) is 5.56 Å². The van der Waals surface area contributed by atoms with Crippen LogP contribution in [0.1, 0.15) is 15.9 Å². The van der Waals surface area contributed by atoms with E-state index in [1.54, 1.807) is 10.7 Å². The average molecular weight is 330 g/mol. The Bertz CT molecular complexity index is 795. The van der Waals surface area contributed by atoms with Gasteiger partial charge in [-0.2, -0.15) is 5.10 Å². The number of hydrogen-bond donors (Lipinski definition) is 1. The molecule has 0 aliphatic rings. The maximum absolute atomic E-state index is 12.4. The highest BCUT2D eigenvalue weighted by atomic mass is 79.9. The van der Waals surface area contributed by atoms with E-state index in [9.17, 15) is 4.79 Å². The molecule has 20 heavy (non-hydrogen) atoms. The minimum Gasteiger partial charge on any atom is -0.321 e. The van der Waals surface area contributed by atoms with E-state index in [4.69, 9.17) is 0 Å². The van der Waals surface area contributed by atoms with Gasteiger partial charge in [-0.25, -0.2) is 4.52 Å². The molecular formula is C15H12BrN3O. The molecule has 0 aliphatic carbocycles. The summed E-state index contributed by atoms with van der Waals surface area (Å²) in [6.45, 7) is 1.98. The summed E-state index contributed by atoms with van der Waals surface area (Å²) in [6.07, 6.45) is 3.39. The van der Waals surface area contributed by atoms with Crippen molar-refractivity contribution in [1.82, 2.24) is 9.61 Å². The average Bonchev–Trinajstić information content (AvgIpc) is 2.88. The minimum absolute atomic E-state index is 0.169.